The molecule has 1 rings (SSSR count). The Morgan fingerprint density at radius 1 is 1.11 bits per heavy atom. The van der Waals surface area contributed by atoms with Gasteiger partial charge in [0.05, 0.1) is 12.0 Å². The molecule has 0 aromatic heterocycles. The fraction of sp³-hybridized carbons (Fsp3) is 0.526. The van der Waals surface area contributed by atoms with Crippen LogP contribution in [0.15, 0.2) is 24.3 Å². The van der Waals surface area contributed by atoms with Crippen molar-refractivity contribution in [2.75, 3.05) is 6.54 Å². The largest absolute Gasteiger partial charge is 0.416 e. The first-order valence-electron chi connectivity index (χ1n) is 9.15. The zero-order valence-corrected chi connectivity index (χ0v) is 15.8. The number of unbranched alkanes of at least 4 members (excludes halogenated alkanes) is 2. The Morgan fingerprint density at radius 2 is 1.75 bits per heavy atom. The molecular formula is C19H26F3N3O3. The summed E-state index contributed by atoms with van der Waals surface area (Å²) in [4.78, 5) is 35.3. The van der Waals surface area contributed by atoms with E-state index in [0.717, 1.165) is 25.0 Å². The summed E-state index contributed by atoms with van der Waals surface area (Å²) in [5.41, 5.74) is 5.01. The lowest BCUT2D eigenvalue weighted by atomic mass is 10.1. The summed E-state index contributed by atoms with van der Waals surface area (Å²) in [6.07, 6.45) is -1.66. The third kappa shape index (κ3) is 8.88. The Bertz CT molecular complexity index is 661. The highest BCUT2D eigenvalue weighted by Gasteiger charge is 2.29. The van der Waals surface area contributed by atoms with Crippen LogP contribution in [0.1, 0.15) is 50.2 Å². The monoisotopic (exact) mass is 401 g/mol. The number of benzene rings is 1. The first-order chi connectivity index (χ1) is 13.1. The van der Waals surface area contributed by atoms with Crippen LogP contribution in [0.25, 0.3) is 0 Å². The van der Waals surface area contributed by atoms with Gasteiger partial charge in [0, 0.05) is 13.0 Å². The fourth-order valence-electron chi connectivity index (χ4n) is 2.53. The molecule has 1 aromatic rings. The average molecular weight is 401 g/mol. The lowest BCUT2D eigenvalue weighted by Crippen LogP contribution is -2.48. The summed E-state index contributed by atoms with van der Waals surface area (Å²) < 4.78 is 37.6. The molecule has 0 aliphatic heterocycles. The van der Waals surface area contributed by atoms with Gasteiger partial charge in [-0.1, -0.05) is 31.9 Å². The minimum absolute atomic E-state index is 0.144. The van der Waals surface area contributed by atoms with Crippen molar-refractivity contribution in [3.05, 3.63) is 35.4 Å². The van der Waals surface area contributed by atoms with Crippen molar-refractivity contribution in [3.63, 3.8) is 0 Å². The van der Waals surface area contributed by atoms with Gasteiger partial charge in [0.15, 0.2) is 0 Å². The van der Waals surface area contributed by atoms with Gasteiger partial charge < -0.3 is 16.4 Å². The Hall–Kier alpha value is -2.58. The molecule has 1 aromatic carbocycles. The van der Waals surface area contributed by atoms with E-state index >= 15 is 0 Å². The van der Waals surface area contributed by atoms with Crippen molar-refractivity contribution in [3.8, 4) is 0 Å². The lowest BCUT2D eigenvalue weighted by molar-refractivity contribution is -0.137. The molecule has 6 nitrogen and oxygen atoms in total. The first kappa shape index (κ1) is 23.5. The fourth-order valence-corrected chi connectivity index (χ4v) is 2.53. The molecule has 1 atom stereocenters. The van der Waals surface area contributed by atoms with Crippen LogP contribution >= 0.6 is 0 Å². The number of primary amides is 1. The van der Waals surface area contributed by atoms with Crippen molar-refractivity contribution in [1.82, 2.24) is 10.6 Å². The number of amides is 3. The van der Waals surface area contributed by atoms with Gasteiger partial charge in [0.1, 0.15) is 6.04 Å². The smallest absolute Gasteiger partial charge is 0.370 e. The third-order valence-corrected chi connectivity index (χ3v) is 4.06. The van der Waals surface area contributed by atoms with E-state index in [0.29, 0.717) is 18.4 Å². The van der Waals surface area contributed by atoms with E-state index in [1.54, 1.807) is 0 Å². The maximum Gasteiger partial charge on any atom is 0.416 e. The molecule has 0 heterocycles. The van der Waals surface area contributed by atoms with E-state index in [4.69, 9.17) is 5.73 Å². The van der Waals surface area contributed by atoms with Crippen molar-refractivity contribution < 1.29 is 27.6 Å². The minimum atomic E-state index is -4.40. The Kier molecular flexibility index (Phi) is 9.47. The van der Waals surface area contributed by atoms with Gasteiger partial charge in [-0.3, -0.25) is 14.4 Å². The molecule has 9 heteroatoms. The van der Waals surface area contributed by atoms with Gasteiger partial charge in [-0.15, -0.1) is 0 Å². The minimum Gasteiger partial charge on any atom is -0.370 e. The molecule has 0 aliphatic rings. The molecule has 3 amide bonds. The number of halogens is 3. The molecule has 0 aliphatic carbocycles. The number of hydrogen-bond donors (Lipinski definition) is 3. The van der Waals surface area contributed by atoms with Crippen LogP contribution in [0.5, 0.6) is 0 Å². The van der Waals surface area contributed by atoms with E-state index < -0.39 is 29.6 Å². The Morgan fingerprint density at radius 3 is 2.29 bits per heavy atom. The number of alkyl halides is 3. The van der Waals surface area contributed by atoms with Crippen LogP contribution in [0.3, 0.4) is 0 Å². The number of carbonyl (C=O) groups excluding carboxylic acids is 3. The van der Waals surface area contributed by atoms with Crippen molar-refractivity contribution >= 4 is 17.7 Å². The number of nitrogens with two attached hydrogens (primary N) is 1. The van der Waals surface area contributed by atoms with Crippen LogP contribution in [0, 0.1) is 0 Å². The number of rotatable bonds is 11. The molecule has 0 fully saturated rings. The molecule has 0 bridgehead atoms. The molecule has 0 unspecified atom stereocenters. The van der Waals surface area contributed by atoms with E-state index in [9.17, 15) is 27.6 Å². The van der Waals surface area contributed by atoms with Gasteiger partial charge in [0.2, 0.25) is 17.7 Å². The summed E-state index contributed by atoms with van der Waals surface area (Å²) in [6, 6.07) is 3.56. The molecule has 0 spiro atoms. The molecule has 28 heavy (non-hydrogen) atoms. The second kappa shape index (κ2) is 11.3. The zero-order valence-electron chi connectivity index (χ0n) is 15.8. The van der Waals surface area contributed by atoms with Crippen LogP contribution in [-0.4, -0.2) is 30.3 Å². The third-order valence-electron chi connectivity index (χ3n) is 4.06. The summed E-state index contributed by atoms with van der Waals surface area (Å²) in [7, 11) is 0. The molecule has 0 radical (unpaired) electrons. The lowest BCUT2D eigenvalue weighted by Gasteiger charge is -2.17. The van der Waals surface area contributed by atoms with Crippen LogP contribution in [-0.2, 0) is 27.0 Å². The van der Waals surface area contributed by atoms with Crippen molar-refractivity contribution in [2.24, 2.45) is 5.73 Å². The Labute approximate surface area is 162 Å². The topological polar surface area (TPSA) is 101 Å². The Balaban J connectivity index is 2.53. The van der Waals surface area contributed by atoms with Crippen molar-refractivity contribution in [1.29, 1.82) is 0 Å². The van der Waals surface area contributed by atoms with Gasteiger partial charge in [-0.2, -0.15) is 13.2 Å². The van der Waals surface area contributed by atoms with Crippen LogP contribution < -0.4 is 16.4 Å². The number of nitrogens with one attached hydrogen (secondary N) is 2. The maximum atomic E-state index is 12.5. The molecule has 4 N–H and O–H groups in total. The standard InChI is InChI=1S/C19H26F3N3O3/c1-2-3-4-5-17(27)25-15(12-16(23)26)18(28)24-11-10-13-6-8-14(9-7-13)19(20,21)22/h6-9,15H,2-5,10-12H2,1H3,(H2,23,26)(H,24,28)(H,25,27)/t15-/m1/s1. The highest BCUT2D eigenvalue weighted by atomic mass is 19.4. The molecule has 0 saturated carbocycles. The second-order valence-electron chi connectivity index (χ2n) is 6.48. The summed E-state index contributed by atoms with van der Waals surface area (Å²) in [5, 5.41) is 5.07. The van der Waals surface area contributed by atoms with E-state index in [-0.39, 0.29) is 25.3 Å². The zero-order chi connectivity index (χ0) is 21.2. The quantitative estimate of drug-likeness (QED) is 0.496. The summed E-state index contributed by atoms with van der Waals surface area (Å²) >= 11 is 0. The predicted molar refractivity (Wildman–Crippen MR) is 98.0 cm³/mol. The van der Waals surface area contributed by atoms with E-state index in [1.165, 1.54) is 12.1 Å². The number of carbonyl (C=O) groups is 3. The van der Waals surface area contributed by atoms with Crippen LogP contribution in [0.2, 0.25) is 0 Å². The average Bonchev–Trinajstić information content (AvgIpc) is 2.60. The SMILES string of the molecule is CCCCCC(=O)N[C@H](CC(N)=O)C(=O)NCCc1ccc(C(F)(F)F)cc1. The van der Waals surface area contributed by atoms with Gasteiger partial charge in [-0.25, -0.2) is 0 Å². The van der Waals surface area contributed by atoms with E-state index in [2.05, 4.69) is 10.6 Å². The highest BCUT2D eigenvalue weighted by molar-refractivity contribution is 5.91. The summed E-state index contributed by atoms with van der Waals surface area (Å²) in [5.74, 6) is -1.62. The van der Waals surface area contributed by atoms with E-state index in [1.807, 2.05) is 6.92 Å². The molecular weight excluding hydrogens is 375 g/mol. The number of hydrogen-bond acceptors (Lipinski definition) is 3. The maximum absolute atomic E-state index is 12.5. The molecule has 0 saturated heterocycles. The normalized spacial score (nSPS) is 12.3. The highest BCUT2D eigenvalue weighted by Crippen LogP contribution is 2.29. The first-order valence-corrected chi connectivity index (χ1v) is 9.15. The predicted octanol–water partition coefficient (Wildman–Crippen LogP) is 2.30. The van der Waals surface area contributed by atoms with Gasteiger partial charge in [0.25, 0.3) is 0 Å². The second-order valence-corrected chi connectivity index (χ2v) is 6.48. The van der Waals surface area contributed by atoms with Crippen LogP contribution in [0.4, 0.5) is 13.2 Å². The van der Waals surface area contributed by atoms with Gasteiger partial charge >= 0.3 is 6.18 Å². The summed E-state index contributed by atoms with van der Waals surface area (Å²) in [6.45, 7) is 2.14. The van der Waals surface area contributed by atoms with Crippen molar-refractivity contribution in [2.45, 2.75) is 57.7 Å². The van der Waals surface area contributed by atoms with Gasteiger partial charge in [-0.05, 0) is 30.5 Å². The molecule has 156 valence electrons.